The number of carbonyl (C=O) groups is 1. The molecule has 1 aromatic carbocycles. The molecule has 6 heteroatoms. The zero-order valence-corrected chi connectivity index (χ0v) is 12.7. The predicted octanol–water partition coefficient (Wildman–Crippen LogP) is 2.64. The van der Waals surface area contributed by atoms with E-state index < -0.39 is 0 Å². The maximum absolute atomic E-state index is 12.9. The Balaban J connectivity index is 1.97. The van der Waals surface area contributed by atoms with Crippen molar-refractivity contribution in [1.82, 2.24) is 10.3 Å². The predicted molar refractivity (Wildman–Crippen MR) is 80.7 cm³/mol. The van der Waals surface area contributed by atoms with Crippen LogP contribution in [0.2, 0.25) is 0 Å². The number of hydrogen-bond acceptors (Lipinski definition) is 4. The van der Waals surface area contributed by atoms with Crippen molar-refractivity contribution >= 4 is 17.2 Å². The largest absolute Gasteiger partial charge is 0.383 e. The summed E-state index contributed by atoms with van der Waals surface area (Å²) in [6.45, 7) is 2.36. The van der Waals surface area contributed by atoms with Crippen molar-refractivity contribution in [3.63, 3.8) is 0 Å². The molecule has 0 aliphatic rings. The van der Waals surface area contributed by atoms with E-state index in [9.17, 15) is 9.18 Å². The van der Waals surface area contributed by atoms with Gasteiger partial charge < -0.3 is 10.1 Å². The van der Waals surface area contributed by atoms with E-state index in [0.29, 0.717) is 12.3 Å². The van der Waals surface area contributed by atoms with Crippen molar-refractivity contribution in [3.05, 3.63) is 41.2 Å². The Kier molecular flexibility index (Phi) is 5.41. The Morgan fingerprint density at radius 3 is 2.81 bits per heavy atom. The van der Waals surface area contributed by atoms with Crippen molar-refractivity contribution in [3.8, 4) is 10.6 Å². The van der Waals surface area contributed by atoms with E-state index in [1.165, 1.54) is 23.5 Å². The van der Waals surface area contributed by atoms with Gasteiger partial charge in [-0.2, -0.15) is 0 Å². The molecule has 0 bridgehead atoms. The number of carbonyl (C=O) groups excluding carboxylic acids is 1. The molecular formula is C15H17FN2O2S. The average molecular weight is 308 g/mol. The first-order valence-electron chi connectivity index (χ1n) is 6.57. The van der Waals surface area contributed by atoms with Crippen LogP contribution in [-0.2, 0) is 16.0 Å². The normalized spacial score (nSPS) is 12.1. The van der Waals surface area contributed by atoms with Crippen molar-refractivity contribution < 1.29 is 13.9 Å². The molecule has 2 rings (SSSR count). The van der Waals surface area contributed by atoms with Gasteiger partial charge >= 0.3 is 0 Å². The number of ether oxygens (including phenoxy) is 1. The summed E-state index contributed by atoms with van der Waals surface area (Å²) in [5.74, 6) is -0.363. The van der Waals surface area contributed by atoms with E-state index in [4.69, 9.17) is 4.74 Å². The number of benzene rings is 1. The SMILES string of the molecule is COC[C@@H](C)NC(=O)Cc1csc(-c2ccc(F)cc2)n1. The molecule has 0 spiro atoms. The molecule has 0 radical (unpaired) electrons. The lowest BCUT2D eigenvalue weighted by atomic mass is 10.2. The summed E-state index contributed by atoms with van der Waals surface area (Å²) >= 11 is 1.44. The van der Waals surface area contributed by atoms with Gasteiger partial charge in [-0.25, -0.2) is 9.37 Å². The van der Waals surface area contributed by atoms with E-state index in [-0.39, 0.29) is 24.2 Å². The highest BCUT2D eigenvalue weighted by Crippen LogP contribution is 2.24. The van der Waals surface area contributed by atoms with Gasteiger partial charge in [0.15, 0.2) is 0 Å². The van der Waals surface area contributed by atoms with Crippen LogP contribution in [0.5, 0.6) is 0 Å². The van der Waals surface area contributed by atoms with E-state index in [1.54, 1.807) is 19.2 Å². The standard InChI is InChI=1S/C15H17FN2O2S/c1-10(8-20-2)17-14(19)7-13-9-21-15(18-13)11-3-5-12(16)6-4-11/h3-6,9-10H,7-8H2,1-2H3,(H,17,19)/t10-/m1/s1. The van der Waals surface area contributed by atoms with E-state index >= 15 is 0 Å². The Morgan fingerprint density at radius 1 is 1.43 bits per heavy atom. The van der Waals surface area contributed by atoms with Crippen LogP contribution in [0.1, 0.15) is 12.6 Å². The third kappa shape index (κ3) is 4.61. The molecule has 0 unspecified atom stereocenters. The molecular weight excluding hydrogens is 291 g/mol. The van der Waals surface area contributed by atoms with Crippen LogP contribution in [-0.4, -0.2) is 30.6 Å². The van der Waals surface area contributed by atoms with Crippen LogP contribution in [0.15, 0.2) is 29.6 Å². The first-order valence-corrected chi connectivity index (χ1v) is 7.45. The first kappa shape index (κ1) is 15.6. The molecule has 0 fully saturated rings. The topological polar surface area (TPSA) is 51.2 Å². The Hall–Kier alpha value is -1.79. The summed E-state index contributed by atoms with van der Waals surface area (Å²) in [4.78, 5) is 16.2. The summed E-state index contributed by atoms with van der Waals surface area (Å²) in [6.07, 6.45) is 0.228. The summed E-state index contributed by atoms with van der Waals surface area (Å²) in [5.41, 5.74) is 1.56. The van der Waals surface area contributed by atoms with E-state index in [1.807, 2.05) is 12.3 Å². The van der Waals surface area contributed by atoms with E-state index in [2.05, 4.69) is 10.3 Å². The number of hydrogen-bond donors (Lipinski definition) is 1. The fourth-order valence-corrected chi connectivity index (χ4v) is 2.72. The van der Waals surface area contributed by atoms with Gasteiger partial charge in [0.1, 0.15) is 10.8 Å². The molecule has 0 saturated carbocycles. The second-order valence-corrected chi connectivity index (χ2v) is 5.61. The molecule has 1 heterocycles. The first-order chi connectivity index (χ1) is 10.1. The lowest BCUT2D eigenvalue weighted by Crippen LogP contribution is -2.36. The fourth-order valence-electron chi connectivity index (χ4n) is 1.90. The van der Waals surface area contributed by atoms with Gasteiger partial charge in [0.05, 0.1) is 18.7 Å². The monoisotopic (exact) mass is 308 g/mol. The number of nitrogens with zero attached hydrogens (tertiary/aromatic N) is 1. The minimum absolute atomic E-state index is 0.0299. The molecule has 1 amide bonds. The smallest absolute Gasteiger partial charge is 0.226 e. The van der Waals surface area contributed by atoms with Crippen molar-refractivity contribution in [2.45, 2.75) is 19.4 Å². The maximum atomic E-state index is 12.9. The molecule has 0 aliphatic carbocycles. The Labute approximate surface area is 127 Å². The molecule has 4 nitrogen and oxygen atoms in total. The van der Waals surface area contributed by atoms with Gasteiger partial charge in [-0.05, 0) is 31.2 Å². The highest BCUT2D eigenvalue weighted by Gasteiger charge is 2.11. The number of aromatic nitrogens is 1. The number of thiazole rings is 1. The molecule has 0 aliphatic heterocycles. The summed E-state index contributed by atoms with van der Waals surface area (Å²) < 4.78 is 17.9. The second kappa shape index (κ2) is 7.28. The lowest BCUT2D eigenvalue weighted by molar-refractivity contribution is -0.121. The molecule has 0 saturated heterocycles. The zero-order chi connectivity index (χ0) is 15.2. The summed E-state index contributed by atoms with van der Waals surface area (Å²) in [6, 6.07) is 6.13. The lowest BCUT2D eigenvalue weighted by Gasteiger charge is -2.11. The Morgan fingerprint density at radius 2 is 2.14 bits per heavy atom. The van der Waals surface area contributed by atoms with Crippen LogP contribution in [0.25, 0.3) is 10.6 Å². The van der Waals surface area contributed by atoms with Gasteiger partial charge in [-0.1, -0.05) is 0 Å². The van der Waals surface area contributed by atoms with Gasteiger partial charge in [0, 0.05) is 24.1 Å². The number of rotatable bonds is 6. The maximum Gasteiger partial charge on any atom is 0.226 e. The minimum atomic E-state index is -0.276. The quantitative estimate of drug-likeness (QED) is 0.892. The molecule has 112 valence electrons. The van der Waals surface area contributed by atoms with Gasteiger partial charge in [0.25, 0.3) is 0 Å². The van der Waals surface area contributed by atoms with Crippen LogP contribution in [0.3, 0.4) is 0 Å². The average Bonchev–Trinajstić information content (AvgIpc) is 2.88. The second-order valence-electron chi connectivity index (χ2n) is 4.75. The zero-order valence-electron chi connectivity index (χ0n) is 11.9. The van der Waals surface area contributed by atoms with Gasteiger partial charge in [0.2, 0.25) is 5.91 Å². The van der Waals surface area contributed by atoms with E-state index in [0.717, 1.165) is 10.6 Å². The van der Waals surface area contributed by atoms with Gasteiger partial charge in [-0.3, -0.25) is 4.79 Å². The van der Waals surface area contributed by atoms with Crippen LogP contribution >= 0.6 is 11.3 Å². The number of nitrogens with one attached hydrogen (secondary N) is 1. The third-order valence-corrected chi connectivity index (χ3v) is 3.75. The molecule has 2 aromatic rings. The minimum Gasteiger partial charge on any atom is -0.383 e. The molecule has 1 N–H and O–H groups in total. The fraction of sp³-hybridized carbons (Fsp3) is 0.333. The number of halogens is 1. The van der Waals surface area contributed by atoms with Crippen LogP contribution in [0.4, 0.5) is 4.39 Å². The van der Waals surface area contributed by atoms with Crippen molar-refractivity contribution in [2.75, 3.05) is 13.7 Å². The van der Waals surface area contributed by atoms with Crippen LogP contribution in [0, 0.1) is 5.82 Å². The number of methoxy groups -OCH3 is 1. The van der Waals surface area contributed by atoms with Crippen molar-refractivity contribution in [2.24, 2.45) is 0 Å². The summed E-state index contributed by atoms with van der Waals surface area (Å²) in [5, 5.41) is 5.46. The Bertz CT molecular complexity index is 598. The molecule has 1 atom stereocenters. The molecule has 21 heavy (non-hydrogen) atoms. The number of amides is 1. The summed E-state index contributed by atoms with van der Waals surface area (Å²) in [7, 11) is 1.60. The molecule has 1 aromatic heterocycles. The third-order valence-electron chi connectivity index (χ3n) is 2.81. The van der Waals surface area contributed by atoms with Gasteiger partial charge in [-0.15, -0.1) is 11.3 Å². The highest BCUT2D eigenvalue weighted by atomic mass is 32.1. The highest BCUT2D eigenvalue weighted by molar-refractivity contribution is 7.13. The van der Waals surface area contributed by atoms with Crippen LogP contribution < -0.4 is 5.32 Å². The van der Waals surface area contributed by atoms with Crippen molar-refractivity contribution in [1.29, 1.82) is 0 Å².